The molecule has 0 aromatic heterocycles. The molecule has 0 heterocycles. The van der Waals surface area contributed by atoms with Crippen molar-refractivity contribution in [3.63, 3.8) is 0 Å². The summed E-state index contributed by atoms with van der Waals surface area (Å²) in [4.78, 5) is 10.5. The molecule has 0 unspecified atom stereocenters. The van der Waals surface area contributed by atoms with Crippen LogP contribution in [0.5, 0.6) is 5.75 Å². The fourth-order valence-corrected chi connectivity index (χ4v) is 1.61. The van der Waals surface area contributed by atoms with E-state index in [1.807, 2.05) is 0 Å². The fraction of sp³-hybridized carbons (Fsp3) is 0.200. The quantitative estimate of drug-likeness (QED) is 0.928. The van der Waals surface area contributed by atoms with Crippen molar-refractivity contribution in [2.45, 2.75) is 12.8 Å². The molecule has 1 N–H and O–H groups in total. The van der Waals surface area contributed by atoms with E-state index >= 15 is 0 Å². The molecular weight excluding hydrogens is 319 g/mol. The highest BCUT2D eigenvalue weighted by Crippen LogP contribution is 2.34. The van der Waals surface area contributed by atoms with Crippen molar-refractivity contribution < 1.29 is 27.8 Å². The van der Waals surface area contributed by atoms with Crippen molar-refractivity contribution in [2.24, 2.45) is 0 Å². The molecule has 18 heavy (non-hydrogen) atoms. The molecule has 0 saturated heterocycles. The molecule has 8 heteroatoms. The van der Waals surface area contributed by atoms with Crippen LogP contribution in [0.2, 0.25) is 0 Å². The van der Waals surface area contributed by atoms with E-state index in [0.717, 1.165) is 6.07 Å². The highest BCUT2D eigenvalue weighted by molar-refractivity contribution is 9.10. The van der Waals surface area contributed by atoms with Crippen LogP contribution in [-0.4, -0.2) is 17.4 Å². The van der Waals surface area contributed by atoms with Crippen molar-refractivity contribution in [1.29, 1.82) is 5.26 Å². The minimum absolute atomic E-state index is 0.0431. The number of aliphatic carboxylic acids is 1. The van der Waals surface area contributed by atoms with Crippen LogP contribution in [0.4, 0.5) is 13.2 Å². The number of carbonyl (C=O) groups is 1. The first kappa shape index (κ1) is 14.3. The molecule has 0 amide bonds. The third-order valence-electron chi connectivity index (χ3n) is 1.80. The van der Waals surface area contributed by atoms with Gasteiger partial charge in [0.05, 0.1) is 16.5 Å². The highest BCUT2D eigenvalue weighted by atomic mass is 79.9. The van der Waals surface area contributed by atoms with Crippen LogP contribution >= 0.6 is 15.9 Å². The Bertz CT molecular complexity index is 522. The number of nitrogens with zero attached hydrogens (tertiary/aromatic N) is 1. The number of halogens is 4. The predicted octanol–water partition coefficient (Wildman–Crippen LogP) is 2.85. The van der Waals surface area contributed by atoms with Gasteiger partial charge in [-0.1, -0.05) is 0 Å². The Morgan fingerprint density at radius 3 is 2.56 bits per heavy atom. The second-order valence-corrected chi connectivity index (χ2v) is 3.98. The summed E-state index contributed by atoms with van der Waals surface area (Å²) in [6.45, 7) is 0. The molecule has 0 spiro atoms. The lowest BCUT2D eigenvalue weighted by Crippen LogP contribution is -2.18. The van der Waals surface area contributed by atoms with Crippen molar-refractivity contribution >= 4 is 21.9 Å². The smallest absolute Gasteiger partial charge is 0.481 e. The number of carboxylic acid groups (broad SMARTS) is 1. The number of rotatable bonds is 3. The summed E-state index contributed by atoms with van der Waals surface area (Å²) < 4.78 is 39.9. The van der Waals surface area contributed by atoms with Crippen LogP contribution in [0.25, 0.3) is 0 Å². The Hall–Kier alpha value is -1.75. The summed E-state index contributed by atoms with van der Waals surface area (Å²) in [6.07, 6.45) is -5.42. The Morgan fingerprint density at radius 1 is 1.50 bits per heavy atom. The zero-order valence-corrected chi connectivity index (χ0v) is 10.2. The second-order valence-electron chi connectivity index (χ2n) is 3.19. The number of benzene rings is 1. The largest absolute Gasteiger partial charge is 0.573 e. The summed E-state index contributed by atoms with van der Waals surface area (Å²) in [5, 5.41) is 17.3. The third-order valence-corrected chi connectivity index (χ3v) is 2.62. The molecule has 0 aliphatic rings. The summed E-state index contributed by atoms with van der Waals surface area (Å²) in [6, 6.07) is 3.75. The van der Waals surface area contributed by atoms with Gasteiger partial charge in [-0.15, -0.1) is 13.2 Å². The number of hydrogen-bond donors (Lipinski definition) is 1. The minimum Gasteiger partial charge on any atom is -0.481 e. The molecule has 0 aliphatic heterocycles. The van der Waals surface area contributed by atoms with Gasteiger partial charge in [0.2, 0.25) is 0 Å². The predicted molar refractivity (Wildman–Crippen MR) is 56.9 cm³/mol. The molecule has 96 valence electrons. The van der Waals surface area contributed by atoms with Crippen LogP contribution in [-0.2, 0) is 11.2 Å². The maximum absolute atomic E-state index is 12.1. The molecule has 1 rings (SSSR count). The molecule has 0 radical (unpaired) electrons. The zero-order chi connectivity index (χ0) is 13.9. The Morgan fingerprint density at radius 2 is 2.11 bits per heavy atom. The zero-order valence-electron chi connectivity index (χ0n) is 8.58. The fourth-order valence-electron chi connectivity index (χ4n) is 1.21. The summed E-state index contributed by atoms with van der Waals surface area (Å²) in [5.41, 5.74) is -0.0884. The normalized spacial score (nSPS) is 10.8. The molecule has 0 atom stereocenters. The molecule has 4 nitrogen and oxygen atoms in total. The Kier molecular flexibility index (Phi) is 4.19. The first-order valence-electron chi connectivity index (χ1n) is 4.43. The standard InChI is InChI=1S/C10H5BrF3NO3/c11-9-6(4-15)1-5(3-8(16)17)2-7(9)18-10(12,13)14/h1-2H,3H2,(H,16,17). The van der Waals surface area contributed by atoms with E-state index in [4.69, 9.17) is 10.4 Å². The number of hydrogen-bond acceptors (Lipinski definition) is 3. The Balaban J connectivity index is 3.24. The monoisotopic (exact) mass is 323 g/mol. The van der Waals surface area contributed by atoms with Crippen LogP contribution < -0.4 is 4.74 Å². The molecule has 0 bridgehead atoms. The first-order chi connectivity index (χ1) is 8.23. The molecule has 1 aromatic carbocycles. The average molecular weight is 324 g/mol. The second kappa shape index (κ2) is 5.27. The summed E-state index contributed by atoms with van der Waals surface area (Å²) >= 11 is 2.80. The lowest BCUT2D eigenvalue weighted by molar-refractivity contribution is -0.274. The molecule has 0 saturated carbocycles. The van der Waals surface area contributed by atoms with Gasteiger partial charge in [-0.3, -0.25) is 4.79 Å². The van der Waals surface area contributed by atoms with E-state index in [-0.39, 0.29) is 15.6 Å². The lowest BCUT2D eigenvalue weighted by atomic mass is 10.1. The number of carboxylic acids is 1. The Labute approximate surface area is 108 Å². The van der Waals surface area contributed by atoms with Crippen LogP contribution in [0.3, 0.4) is 0 Å². The van der Waals surface area contributed by atoms with Gasteiger partial charge in [0.1, 0.15) is 11.8 Å². The van der Waals surface area contributed by atoms with E-state index in [2.05, 4.69) is 20.7 Å². The van der Waals surface area contributed by atoms with Crippen molar-refractivity contribution in [3.05, 3.63) is 27.7 Å². The van der Waals surface area contributed by atoms with Crippen LogP contribution in [0.15, 0.2) is 16.6 Å². The summed E-state index contributed by atoms with van der Waals surface area (Å²) in [5.74, 6) is -1.86. The van der Waals surface area contributed by atoms with Gasteiger partial charge in [-0.25, -0.2) is 0 Å². The number of alkyl halides is 3. The van der Waals surface area contributed by atoms with Gasteiger partial charge in [0, 0.05) is 0 Å². The minimum atomic E-state index is -4.92. The van der Waals surface area contributed by atoms with Gasteiger partial charge in [-0.2, -0.15) is 5.26 Å². The molecular formula is C10H5BrF3NO3. The van der Waals surface area contributed by atoms with Crippen LogP contribution in [0, 0.1) is 11.3 Å². The first-order valence-corrected chi connectivity index (χ1v) is 5.22. The van der Waals surface area contributed by atoms with Gasteiger partial charge in [-0.05, 0) is 33.6 Å². The lowest BCUT2D eigenvalue weighted by Gasteiger charge is -2.12. The SMILES string of the molecule is N#Cc1cc(CC(=O)O)cc(OC(F)(F)F)c1Br. The molecule has 1 aromatic rings. The van der Waals surface area contributed by atoms with Crippen molar-refractivity contribution in [3.8, 4) is 11.8 Å². The van der Waals surface area contributed by atoms with E-state index in [1.165, 1.54) is 6.07 Å². The van der Waals surface area contributed by atoms with Gasteiger partial charge >= 0.3 is 12.3 Å². The van der Waals surface area contributed by atoms with E-state index < -0.39 is 24.5 Å². The number of ether oxygens (including phenoxy) is 1. The third kappa shape index (κ3) is 3.92. The molecule has 0 aliphatic carbocycles. The van der Waals surface area contributed by atoms with Gasteiger partial charge in [0.15, 0.2) is 0 Å². The van der Waals surface area contributed by atoms with Crippen molar-refractivity contribution in [1.82, 2.24) is 0 Å². The van der Waals surface area contributed by atoms with E-state index in [1.54, 1.807) is 6.07 Å². The highest BCUT2D eigenvalue weighted by Gasteiger charge is 2.32. The average Bonchev–Trinajstić information content (AvgIpc) is 2.19. The van der Waals surface area contributed by atoms with E-state index in [9.17, 15) is 18.0 Å². The molecule has 0 fully saturated rings. The van der Waals surface area contributed by atoms with Gasteiger partial charge < -0.3 is 9.84 Å². The van der Waals surface area contributed by atoms with Gasteiger partial charge in [0.25, 0.3) is 0 Å². The van der Waals surface area contributed by atoms with Crippen molar-refractivity contribution in [2.75, 3.05) is 0 Å². The van der Waals surface area contributed by atoms with E-state index in [0.29, 0.717) is 0 Å². The number of nitriles is 1. The topological polar surface area (TPSA) is 70.3 Å². The van der Waals surface area contributed by atoms with Crippen LogP contribution in [0.1, 0.15) is 11.1 Å². The maximum atomic E-state index is 12.1. The maximum Gasteiger partial charge on any atom is 0.573 e. The summed E-state index contributed by atoms with van der Waals surface area (Å²) in [7, 11) is 0.